The predicted octanol–water partition coefficient (Wildman–Crippen LogP) is -0.238. The van der Waals surface area contributed by atoms with Crippen LogP contribution < -0.4 is 20.9 Å². The van der Waals surface area contributed by atoms with Gasteiger partial charge in [-0.15, -0.1) is 0 Å². The molecule has 0 spiro atoms. The molecule has 0 saturated heterocycles. The molecule has 1 amide bonds. The molecule has 132 valence electrons. The first kappa shape index (κ1) is 17.2. The molecule has 2 heterocycles. The number of carbonyl (C=O) groups excluding carboxylic acids is 1. The number of anilines is 2. The molecule has 0 bridgehead atoms. The van der Waals surface area contributed by atoms with Gasteiger partial charge < -0.3 is 11.5 Å². The number of amides is 1. The number of hydrogen-bond donors (Lipinski definition) is 4. The highest BCUT2D eigenvalue weighted by atomic mass is 32.2. The highest BCUT2D eigenvalue weighted by molar-refractivity contribution is 7.90. The second-order valence-electron chi connectivity index (χ2n) is 5.38. The van der Waals surface area contributed by atoms with E-state index in [-0.39, 0.29) is 10.5 Å². The van der Waals surface area contributed by atoms with Gasteiger partial charge in [0.05, 0.1) is 10.5 Å². The number of rotatable bonds is 0. The van der Waals surface area contributed by atoms with Crippen LogP contribution in [0.4, 0.5) is 11.4 Å². The second kappa shape index (κ2) is 5.72. The summed E-state index contributed by atoms with van der Waals surface area (Å²) in [6, 6.07) is 9.04. The van der Waals surface area contributed by atoms with E-state index in [1.807, 2.05) is 4.72 Å². The summed E-state index contributed by atoms with van der Waals surface area (Å²) in [5.74, 6) is -0.602. The van der Waals surface area contributed by atoms with Gasteiger partial charge in [-0.05, 0) is 35.9 Å². The summed E-state index contributed by atoms with van der Waals surface area (Å²) in [4.78, 5) is 11.3. The lowest BCUT2D eigenvalue weighted by Gasteiger charge is -1.97. The predicted molar refractivity (Wildman–Crippen MR) is 90.4 cm³/mol. The van der Waals surface area contributed by atoms with Crippen molar-refractivity contribution in [2.24, 2.45) is 0 Å². The van der Waals surface area contributed by atoms with E-state index < -0.39 is 26.0 Å². The van der Waals surface area contributed by atoms with Crippen molar-refractivity contribution in [3.63, 3.8) is 0 Å². The molecule has 11 heteroatoms. The zero-order valence-electron chi connectivity index (χ0n) is 12.7. The van der Waals surface area contributed by atoms with Gasteiger partial charge in [-0.2, -0.15) is 0 Å². The summed E-state index contributed by atoms with van der Waals surface area (Å²) in [5.41, 5.74) is 12.6. The first-order chi connectivity index (χ1) is 11.6. The quantitative estimate of drug-likeness (QED) is 0.457. The van der Waals surface area contributed by atoms with Crippen LogP contribution in [0.25, 0.3) is 0 Å². The lowest BCUT2D eigenvalue weighted by atomic mass is 10.2. The van der Waals surface area contributed by atoms with E-state index >= 15 is 0 Å². The molecule has 6 N–H and O–H groups in total. The molecule has 0 aliphatic carbocycles. The maximum Gasteiger partial charge on any atom is 0.266 e. The van der Waals surface area contributed by atoms with Gasteiger partial charge in [0.2, 0.25) is 10.0 Å². The van der Waals surface area contributed by atoms with E-state index in [1.54, 1.807) is 12.1 Å². The van der Waals surface area contributed by atoms with E-state index in [4.69, 9.17) is 11.5 Å². The minimum atomic E-state index is -3.66. The molecule has 0 atom stereocenters. The van der Waals surface area contributed by atoms with Crippen LogP contribution >= 0.6 is 0 Å². The molecule has 0 fully saturated rings. The lowest BCUT2D eigenvalue weighted by Crippen LogP contribution is -2.20. The maximum atomic E-state index is 11.2. The van der Waals surface area contributed by atoms with Crippen molar-refractivity contribution >= 4 is 37.3 Å². The van der Waals surface area contributed by atoms with Crippen LogP contribution in [0.2, 0.25) is 0 Å². The van der Waals surface area contributed by atoms with Gasteiger partial charge in [-0.25, -0.2) is 26.3 Å². The fourth-order valence-corrected chi connectivity index (χ4v) is 4.88. The topological polar surface area (TPSA) is 161 Å². The summed E-state index contributed by atoms with van der Waals surface area (Å²) in [5, 5.41) is 0. The van der Waals surface area contributed by atoms with Gasteiger partial charge in [0.15, 0.2) is 0 Å². The molecular weight excluding hydrogens is 368 g/mol. The molecule has 25 heavy (non-hydrogen) atoms. The lowest BCUT2D eigenvalue weighted by molar-refractivity contribution is 0.0985. The molecule has 9 nitrogen and oxygen atoms in total. The SMILES string of the molecule is Nc1ccc2c(c1)S(=O)(=O)NC2.Nc1ccc2c(c1)S(=O)(=O)NC2=O. The first-order valence-corrected chi connectivity index (χ1v) is 9.91. The maximum absolute atomic E-state index is 11.2. The van der Waals surface area contributed by atoms with Gasteiger partial charge in [0.25, 0.3) is 15.9 Å². The van der Waals surface area contributed by atoms with E-state index in [2.05, 4.69) is 4.72 Å². The van der Waals surface area contributed by atoms with Gasteiger partial charge in [0, 0.05) is 17.9 Å². The minimum Gasteiger partial charge on any atom is -0.399 e. The number of fused-ring (bicyclic) bond motifs is 2. The van der Waals surface area contributed by atoms with E-state index in [0.717, 1.165) is 5.56 Å². The number of benzene rings is 2. The van der Waals surface area contributed by atoms with Crippen molar-refractivity contribution in [1.29, 1.82) is 0 Å². The highest BCUT2D eigenvalue weighted by Crippen LogP contribution is 2.24. The van der Waals surface area contributed by atoms with Crippen LogP contribution in [0.15, 0.2) is 46.2 Å². The van der Waals surface area contributed by atoms with Crippen molar-refractivity contribution in [2.45, 2.75) is 16.3 Å². The standard InChI is InChI=1S/C7H6N2O3S.C7H8N2O2S/c8-4-1-2-5-6(3-4)13(11,12)9-7(5)10;8-6-2-1-5-4-9-12(10,11)7(5)3-6/h1-3H,8H2,(H,9,10);1-3,9H,4,8H2. The number of hydrogen-bond acceptors (Lipinski definition) is 7. The van der Waals surface area contributed by atoms with Gasteiger partial charge >= 0.3 is 0 Å². The van der Waals surface area contributed by atoms with Gasteiger partial charge in [0.1, 0.15) is 4.90 Å². The van der Waals surface area contributed by atoms with Gasteiger partial charge in [-0.1, -0.05) is 6.07 Å². The first-order valence-electron chi connectivity index (χ1n) is 6.95. The highest BCUT2D eigenvalue weighted by Gasteiger charge is 2.32. The van der Waals surface area contributed by atoms with Crippen molar-refractivity contribution in [2.75, 3.05) is 11.5 Å². The molecule has 0 unspecified atom stereocenters. The van der Waals surface area contributed by atoms with Crippen LogP contribution in [-0.4, -0.2) is 22.7 Å². The molecule has 2 aliphatic heterocycles. The average Bonchev–Trinajstić information content (AvgIpc) is 2.94. The average molecular weight is 382 g/mol. The Morgan fingerprint density at radius 2 is 1.44 bits per heavy atom. The summed E-state index contributed by atoms with van der Waals surface area (Å²) < 4.78 is 49.2. The number of nitrogens with two attached hydrogens (primary N) is 2. The normalized spacial score (nSPS) is 18.5. The smallest absolute Gasteiger partial charge is 0.266 e. The van der Waals surface area contributed by atoms with E-state index in [0.29, 0.717) is 22.8 Å². The molecule has 0 saturated carbocycles. The second-order valence-corrected chi connectivity index (χ2v) is 8.77. The zero-order chi connectivity index (χ0) is 18.4. The molecule has 0 radical (unpaired) electrons. The Morgan fingerprint density at radius 1 is 0.840 bits per heavy atom. The Labute approximate surface area is 144 Å². The van der Waals surface area contributed by atoms with Crippen LogP contribution in [0.5, 0.6) is 0 Å². The van der Waals surface area contributed by atoms with Gasteiger partial charge in [-0.3, -0.25) is 4.79 Å². The largest absolute Gasteiger partial charge is 0.399 e. The van der Waals surface area contributed by atoms with Crippen LogP contribution in [0.1, 0.15) is 15.9 Å². The fraction of sp³-hybridized carbons (Fsp3) is 0.0714. The Morgan fingerprint density at radius 3 is 2.12 bits per heavy atom. The third-order valence-corrected chi connectivity index (χ3v) is 6.45. The van der Waals surface area contributed by atoms with E-state index in [9.17, 15) is 21.6 Å². The minimum absolute atomic E-state index is 0.0440. The van der Waals surface area contributed by atoms with E-state index in [1.165, 1.54) is 24.3 Å². The summed E-state index contributed by atoms with van der Waals surface area (Å²) in [6.45, 7) is 0.373. The number of carbonyl (C=O) groups is 1. The molecular formula is C14H14N4O5S2. The Hall–Kier alpha value is -2.63. The Kier molecular flexibility index (Phi) is 3.94. The summed E-state index contributed by atoms with van der Waals surface area (Å²) in [7, 11) is -6.91. The van der Waals surface area contributed by atoms with Crippen LogP contribution in [0.3, 0.4) is 0 Å². The summed E-state index contributed by atoms with van der Waals surface area (Å²) >= 11 is 0. The Balaban J connectivity index is 0.000000146. The number of nitrogens with one attached hydrogen (secondary N) is 2. The van der Waals surface area contributed by atoms with Crippen molar-refractivity contribution in [3.05, 3.63) is 47.5 Å². The molecule has 2 aromatic rings. The fourth-order valence-electron chi connectivity index (χ4n) is 2.40. The molecule has 2 aromatic carbocycles. The Bertz CT molecular complexity index is 1090. The third kappa shape index (κ3) is 3.16. The monoisotopic (exact) mass is 382 g/mol. The zero-order valence-corrected chi connectivity index (χ0v) is 14.3. The van der Waals surface area contributed by atoms with Crippen molar-refractivity contribution < 1.29 is 21.6 Å². The number of sulfonamides is 2. The molecule has 2 aliphatic rings. The van der Waals surface area contributed by atoms with Crippen LogP contribution in [-0.2, 0) is 26.6 Å². The molecule has 4 rings (SSSR count). The van der Waals surface area contributed by atoms with Crippen LogP contribution in [0, 0.1) is 0 Å². The molecule has 0 aromatic heterocycles. The van der Waals surface area contributed by atoms with Crippen molar-refractivity contribution in [3.8, 4) is 0 Å². The third-order valence-electron chi connectivity index (χ3n) is 3.60. The summed E-state index contributed by atoms with van der Waals surface area (Å²) in [6.07, 6.45) is 0. The number of nitrogen functional groups attached to an aromatic ring is 2. The van der Waals surface area contributed by atoms with Crippen molar-refractivity contribution in [1.82, 2.24) is 9.44 Å².